The van der Waals surface area contributed by atoms with Crippen molar-refractivity contribution in [2.24, 2.45) is 0 Å². The van der Waals surface area contributed by atoms with Gasteiger partial charge in [-0.1, -0.05) is 18.2 Å². The van der Waals surface area contributed by atoms with Crippen molar-refractivity contribution in [1.29, 1.82) is 5.26 Å². The van der Waals surface area contributed by atoms with Gasteiger partial charge in [-0.3, -0.25) is 4.79 Å². The van der Waals surface area contributed by atoms with E-state index in [-0.39, 0.29) is 17.1 Å². The second kappa shape index (κ2) is 9.61. The van der Waals surface area contributed by atoms with Crippen LogP contribution in [-0.4, -0.2) is 31.8 Å². The minimum Gasteiger partial charge on any atom is -0.497 e. The molecule has 0 aliphatic carbocycles. The lowest BCUT2D eigenvalue weighted by Gasteiger charge is -2.19. The van der Waals surface area contributed by atoms with Gasteiger partial charge in [0.25, 0.3) is 0 Å². The van der Waals surface area contributed by atoms with Crippen LogP contribution >= 0.6 is 0 Å². The summed E-state index contributed by atoms with van der Waals surface area (Å²) < 4.78 is 20.7. The fourth-order valence-corrected chi connectivity index (χ4v) is 2.45. The molecule has 7 heteroatoms. The van der Waals surface area contributed by atoms with Crippen LogP contribution in [0.2, 0.25) is 0 Å². The Kier molecular flexibility index (Phi) is 7.21. The van der Waals surface area contributed by atoms with Gasteiger partial charge in [-0.2, -0.15) is 5.26 Å². The average molecular weight is 409 g/mol. The highest BCUT2D eigenvalue weighted by atomic mass is 16.7. The molecular weight excluding hydrogens is 386 g/mol. The van der Waals surface area contributed by atoms with Crippen LogP contribution in [0.4, 0.5) is 4.79 Å². The third-order valence-corrected chi connectivity index (χ3v) is 3.78. The van der Waals surface area contributed by atoms with Crippen molar-refractivity contribution in [2.75, 3.05) is 14.2 Å². The number of methoxy groups -OCH3 is 2. The highest BCUT2D eigenvalue weighted by Gasteiger charge is 2.20. The van der Waals surface area contributed by atoms with E-state index in [4.69, 9.17) is 18.9 Å². The van der Waals surface area contributed by atoms with Gasteiger partial charge in [0, 0.05) is 5.56 Å². The maximum Gasteiger partial charge on any atom is 0.514 e. The second-order valence-electron chi connectivity index (χ2n) is 7.21. The number of hydrogen-bond donors (Lipinski definition) is 0. The van der Waals surface area contributed by atoms with Crippen LogP contribution in [0.5, 0.6) is 17.2 Å². The lowest BCUT2D eigenvalue weighted by atomic mass is 10.0. The smallest absolute Gasteiger partial charge is 0.497 e. The molecule has 0 fully saturated rings. The third-order valence-electron chi connectivity index (χ3n) is 3.78. The van der Waals surface area contributed by atoms with E-state index in [1.165, 1.54) is 26.4 Å². The molecule has 0 heterocycles. The predicted molar refractivity (Wildman–Crippen MR) is 111 cm³/mol. The van der Waals surface area contributed by atoms with Crippen molar-refractivity contribution >= 4 is 18.0 Å². The Balaban J connectivity index is 2.29. The van der Waals surface area contributed by atoms with Crippen LogP contribution in [0.15, 0.2) is 48.0 Å². The van der Waals surface area contributed by atoms with Crippen molar-refractivity contribution in [1.82, 2.24) is 0 Å². The molecule has 0 aliphatic rings. The molecule has 0 aromatic heterocycles. The van der Waals surface area contributed by atoms with Gasteiger partial charge >= 0.3 is 6.16 Å². The highest BCUT2D eigenvalue weighted by Crippen LogP contribution is 2.30. The number of nitriles is 1. The van der Waals surface area contributed by atoms with E-state index in [9.17, 15) is 14.9 Å². The van der Waals surface area contributed by atoms with Crippen LogP contribution in [-0.2, 0) is 4.74 Å². The molecule has 0 spiro atoms. The molecule has 2 aromatic carbocycles. The zero-order chi connectivity index (χ0) is 22.3. The number of carbonyl (C=O) groups is 2. The Hall–Kier alpha value is -3.79. The van der Waals surface area contributed by atoms with E-state index in [0.29, 0.717) is 16.9 Å². The fourth-order valence-electron chi connectivity index (χ4n) is 2.45. The monoisotopic (exact) mass is 409 g/mol. The first kappa shape index (κ1) is 22.5. The lowest BCUT2D eigenvalue weighted by molar-refractivity contribution is 0.0201. The highest BCUT2D eigenvalue weighted by molar-refractivity contribution is 6.14. The summed E-state index contributed by atoms with van der Waals surface area (Å²) >= 11 is 0. The van der Waals surface area contributed by atoms with Crippen LogP contribution in [0.1, 0.15) is 36.7 Å². The average Bonchev–Trinajstić information content (AvgIpc) is 2.71. The Morgan fingerprint density at radius 2 is 1.73 bits per heavy atom. The van der Waals surface area contributed by atoms with Crippen LogP contribution in [0.25, 0.3) is 6.08 Å². The number of nitrogens with zero attached hydrogens (tertiary/aromatic N) is 1. The molecule has 0 unspecified atom stereocenters. The molecule has 2 rings (SSSR count). The van der Waals surface area contributed by atoms with Gasteiger partial charge in [-0.25, -0.2) is 4.79 Å². The van der Waals surface area contributed by atoms with Gasteiger partial charge in [-0.05, 0) is 56.7 Å². The minimum absolute atomic E-state index is 0.0638. The van der Waals surface area contributed by atoms with Crippen molar-refractivity contribution < 1.29 is 28.5 Å². The van der Waals surface area contributed by atoms with E-state index >= 15 is 0 Å². The molecule has 2 aromatic rings. The normalized spacial score (nSPS) is 11.3. The maximum atomic E-state index is 12.7. The summed E-state index contributed by atoms with van der Waals surface area (Å²) in [5.41, 5.74) is 0.0936. The van der Waals surface area contributed by atoms with Crippen LogP contribution in [0, 0.1) is 11.3 Å². The Labute approximate surface area is 175 Å². The first-order chi connectivity index (χ1) is 14.2. The number of ether oxygens (including phenoxy) is 4. The topological polar surface area (TPSA) is 94.9 Å². The van der Waals surface area contributed by atoms with E-state index in [1.807, 2.05) is 6.07 Å². The zero-order valence-corrected chi connectivity index (χ0v) is 17.5. The van der Waals surface area contributed by atoms with E-state index < -0.39 is 17.5 Å². The SMILES string of the molecule is COc1cccc(C(=O)/C(C#N)=C/c2ccc(OC(=O)OC(C)(C)C)c(OC)c2)c1. The van der Waals surface area contributed by atoms with Gasteiger partial charge < -0.3 is 18.9 Å². The number of benzene rings is 2. The standard InChI is InChI=1S/C23H23NO6/c1-23(2,3)30-22(26)29-19-10-9-15(12-20(19)28-5)11-17(14-24)21(25)16-7-6-8-18(13-16)27-4/h6-13H,1-5H3/b17-11+. The van der Waals surface area contributed by atoms with E-state index in [2.05, 4.69) is 0 Å². The summed E-state index contributed by atoms with van der Waals surface area (Å²) in [5.74, 6) is 0.482. The molecule has 7 nitrogen and oxygen atoms in total. The molecule has 156 valence electrons. The van der Waals surface area contributed by atoms with Gasteiger partial charge in [-0.15, -0.1) is 0 Å². The first-order valence-electron chi connectivity index (χ1n) is 9.06. The van der Waals surface area contributed by atoms with Gasteiger partial charge in [0.2, 0.25) is 5.78 Å². The summed E-state index contributed by atoms with van der Waals surface area (Å²) in [5, 5.41) is 9.47. The van der Waals surface area contributed by atoms with Crippen LogP contribution < -0.4 is 14.2 Å². The molecule has 0 atom stereocenters. The molecular formula is C23H23NO6. The molecule has 30 heavy (non-hydrogen) atoms. The molecule has 0 saturated carbocycles. The summed E-state index contributed by atoms with van der Waals surface area (Å²) in [4.78, 5) is 24.6. The lowest BCUT2D eigenvalue weighted by Crippen LogP contribution is -2.26. The predicted octanol–water partition coefficient (Wildman–Crippen LogP) is 4.81. The third kappa shape index (κ3) is 6.11. The zero-order valence-electron chi connectivity index (χ0n) is 17.5. The summed E-state index contributed by atoms with van der Waals surface area (Å²) in [6, 6.07) is 13.1. The summed E-state index contributed by atoms with van der Waals surface area (Å²) in [7, 11) is 2.91. The Morgan fingerprint density at radius 3 is 2.33 bits per heavy atom. The number of carbonyl (C=O) groups excluding carboxylic acids is 2. The minimum atomic E-state index is -0.866. The van der Waals surface area contributed by atoms with E-state index in [1.54, 1.807) is 57.2 Å². The number of Topliss-reactive ketones (excluding diaryl/α,β-unsaturated/α-hetero) is 1. The largest absolute Gasteiger partial charge is 0.514 e. The Morgan fingerprint density at radius 1 is 1.00 bits per heavy atom. The number of ketones is 1. The van der Waals surface area contributed by atoms with E-state index in [0.717, 1.165) is 0 Å². The van der Waals surface area contributed by atoms with Crippen molar-refractivity contribution in [3.8, 4) is 23.3 Å². The molecule has 0 radical (unpaired) electrons. The van der Waals surface area contributed by atoms with Crippen molar-refractivity contribution in [3.63, 3.8) is 0 Å². The van der Waals surface area contributed by atoms with Crippen molar-refractivity contribution in [2.45, 2.75) is 26.4 Å². The molecule has 0 saturated heterocycles. The van der Waals surface area contributed by atoms with Gasteiger partial charge in [0.05, 0.1) is 14.2 Å². The van der Waals surface area contributed by atoms with Gasteiger partial charge in [0.1, 0.15) is 23.0 Å². The number of rotatable bonds is 6. The second-order valence-corrected chi connectivity index (χ2v) is 7.21. The molecule has 0 aliphatic heterocycles. The molecule has 0 N–H and O–H groups in total. The number of hydrogen-bond acceptors (Lipinski definition) is 7. The van der Waals surface area contributed by atoms with Crippen molar-refractivity contribution in [3.05, 3.63) is 59.2 Å². The summed E-state index contributed by atoms with van der Waals surface area (Å²) in [6.45, 7) is 5.17. The van der Waals surface area contributed by atoms with Gasteiger partial charge in [0.15, 0.2) is 11.5 Å². The fraction of sp³-hybridized carbons (Fsp3) is 0.261. The Bertz CT molecular complexity index is 1010. The molecule has 0 amide bonds. The maximum absolute atomic E-state index is 12.7. The molecule has 0 bridgehead atoms. The quantitative estimate of drug-likeness (QED) is 0.222. The first-order valence-corrected chi connectivity index (χ1v) is 9.06. The number of allylic oxidation sites excluding steroid dienone is 1. The summed E-state index contributed by atoms with van der Waals surface area (Å²) in [6.07, 6.45) is 0.566. The van der Waals surface area contributed by atoms with Crippen LogP contribution in [0.3, 0.4) is 0 Å².